The molecule has 4 nitrogen and oxygen atoms in total. The van der Waals surface area contributed by atoms with Gasteiger partial charge in [-0.15, -0.1) is 0 Å². The monoisotopic (exact) mass is 414 g/mol. The molecule has 0 radical (unpaired) electrons. The SMILES string of the molecule is CCCCOc1cccc(C(=O)Nc2ccc(C3CC3NCc3ccccc3)cc2)c1. The minimum atomic E-state index is -0.123. The topological polar surface area (TPSA) is 50.4 Å². The molecule has 31 heavy (non-hydrogen) atoms. The van der Waals surface area contributed by atoms with Crippen molar-refractivity contribution in [3.8, 4) is 5.75 Å². The molecule has 3 aromatic carbocycles. The molecular weight excluding hydrogens is 384 g/mol. The van der Waals surface area contributed by atoms with E-state index in [1.54, 1.807) is 6.07 Å². The smallest absolute Gasteiger partial charge is 0.255 e. The number of ether oxygens (including phenoxy) is 1. The van der Waals surface area contributed by atoms with E-state index in [4.69, 9.17) is 4.74 Å². The fraction of sp³-hybridized carbons (Fsp3) is 0.296. The van der Waals surface area contributed by atoms with Gasteiger partial charge in [-0.2, -0.15) is 0 Å². The van der Waals surface area contributed by atoms with Crippen molar-refractivity contribution in [1.29, 1.82) is 0 Å². The average molecular weight is 415 g/mol. The largest absolute Gasteiger partial charge is 0.494 e. The standard InChI is InChI=1S/C27H30N2O2/c1-2-3-16-31-24-11-7-10-22(17-24)27(30)29-23-14-12-21(13-15-23)25-18-26(25)28-19-20-8-5-4-6-9-20/h4-15,17,25-26,28H,2-3,16,18-19H2,1H3,(H,29,30). The van der Waals surface area contributed by atoms with E-state index >= 15 is 0 Å². The lowest BCUT2D eigenvalue weighted by Gasteiger charge is -2.09. The molecule has 1 amide bonds. The maximum Gasteiger partial charge on any atom is 0.255 e. The molecular formula is C27H30N2O2. The van der Waals surface area contributed by atoms with Gasteiger partial charge in [0, 0.05) is 29.8 Å². The molecule has 4 heteroatoms. The highest BCUT2D eigenvalue weighted by molar-refractivity contribution is 6.04. The second-order valence-corrected chi connectivity index (χ2v) is 8.12. The molecule has 2 atom stereocenters. The van der Waals surface area contributed by atoms with Gasteiger partial charge in [0.2, 0.25) is 0 Å². The molecule has 1 saturated carbocycles. The van der Waals surface area contributed by atoms with Crippen molar-refractivity contribution in [2.45, 2.75) is 44.7 Å². The van der Waals surface area contributed by atoms with E-state index in [-0.39, 0.29) is 5.91 Å². The number of anilines is 1. The molecule has 3 aromatic rings. The van der Waals surface area contributed by atoms with Gasteiger partial charge in [-0.25, -0.2) is 0 Å². The Morgan fingerprint density at radius 1 is 1.00 bits per heavy atom. The van der Waals surface area contributed by atoms with Crippen LogP contribution in [0.15, 0.2) is 78.9 Å². The normalized spacial score (nSPS) is 17.2. The zero-order valence-corrected chi connectivity index (χ0v) is 18.0. The zero-order valence-electron chi connectivity index (χ0n) is 18.0. The number of nitrogens with one attached hydrogen (secondary N) is 2. The summed E-state index contributed by atoms with van der Waals surface area (Å²) in [5.74, 6) is 1.16. The third-order valence-corrected chi connectivity index (χ3v) is 5.66. The van der Waals surface area contributed by atoms with Crippen LogP contribution in [0, 0.1) is 0 Å². The van der Waals surface area contributed by atoms with Crippen molar-refractivity contribution in [2.75, 3.05) is 11.9 Å². The number of carbonyl (C=O) groups excluding carboxylic acids is 1. The van der Waals surface area contributed by atoms with E-state index < -0.39 is 0 Å². The van der Waals surface area contributed by atoms with Crippen LogP contribution in [0.4, 0.5) is 5.69 Å². The summed E-state index contributed by atoms with van der Waals surface area (Å²) in [5.41, 5.74) is 4.03. The molecule has 0 aliphatic heterocycles. The Kier molecular flexibility index (Phi) is 7.00. The molecule has 0 aromatic heterocycles. The van der Waals surface area contributed by atoms with Gasteiger partial charge >= 0.3 is 0 Å². The fourth-order valence-corrected chi connectivity index (χ4v) is 3.71. The van der Waals surface area contributed by atoms with Gasteiger partial charge in [0.05, 0.1) is 6.61 Å². The highest BCUT2D eigenvalue weighted by Gasteiger charge is 2.37. The summed E-state index contributed by atoms with van der Waals surface area (Å²) in [5, 5.41) is 6.62. The summed E-state index contributed by atoms with van der Waals surface area (Å²) in [6, 6.07) is 26.6. The van der Waals surface area contributed by atoms with Gasteiger partial charge in [0.1, 0.15) is 5.75 Å². The van der Waals surface area contributed by atoms with Crippen molar-refractivity contribution >= 4 is 11.6 Å². The lowest BCUT2D eigenvalue weighted by atomic mass is 10.1. The first-order valence-electron chi connectivity index (χ1n) is 11.1. The minimum Gasteiger partial charge on any atom is -0.494 e. The summed E-state index contributed by atoms with van der Waals surface area (Å²) in [4.78, 5) is 12.6. The molecule has 0 spiro atoms. The minimum absolute atomic E-state index is 0.123. The number of benzene rings is 3. The molecule has 0 saturated heterocycles. The van der Waals surface area contributed by atoms with E-state index in [9.17, 15) is 4.79 Å². The predicted octanol–water partition coefficient (Wildman–Crippen LogP) is 5.76. The Morgan fingerprint density at radius 2 is 1.81 bits per heavy atom. The predicted molar refractivity (Wildman–Crippen MR) is 126 cm³/mol. The van der Waals surface area contributed by atoms with Gasteiger partial charge in [-0.3, -0.25) is 4.79 Å². The molecule has 2 N–H and O–H groups in total. The maximum atomic E-state index is 12.6. The third-order valence-electron chi connectivity index (χ3n) is 5.66. The van der Waals surface area contributed by atoms with Crippen LogP contribution in [0.1, 0.15) is 53.6 Å². The van der Waals surface area contributed by atoms with Crippen molar-refractivity contribution < 1.29 is 9.53 Å². The van der Waals surface area contributed by atoms with Crippen LogP contribution in [0.25, 0.3) is 0 Å². The molecule has 4 rings (SSSR count). The van der Waals surface area contributed by atoms with Crippen LogP contribution in [-0.4, -0.2) is 18.6 Å². The van der Waals surface area contributed by atoms with E-state index in [1.807, 2.05) is 36.4 Å². The number of hydrogen-bond acceptors (Lipinski definition) is 3. The molecule has 1 aliphatic carbocycles. The number of unbranched alkanes of at least 4 members (excludes halogenated alkanes) is 1. The zero-order chi connectivity index (χ0) is 21.5. The van der Waals surface area contributed by atoms with Crippen molar-refractivity contribution in [3.63, 3.8) is 0 Å². The first kappa shape index (κ1) is 21.1. The van der Waals surface area contributed by atoms with E-state index in [0.717, 1.165) is 37.2 Å². The first-order chi connectivity index (χ1) is 15.2. The second kappa shape index (κ2) is 10.3. The van der Waals surface area contributed by atoms with Crippen LogP contribution in [0.2, 0.25) is 0 Å². The number of rotatable bonds is 10. The summed E-state index contributed by atoms with van der Waals surface area (Å²) in [6.07, 6.45) is 3.25. The van der Waals surface area contributed by atoms with Crippen molar-refractivity contribution in [3.05, 3.63) is 95.6 Å². The lowest BCUT2D eigenvalue weighted by molar-refractivity contribution is 0.102. The van der Waals surface area contributed by atoms with Crippen LogP contribution < -0.4 is 15.4 Å². The van der Waals surface area contributed by atoms with Gasteiger partial charge in [0.25, 0.3) is 5.91 Å². The highest BCUT2D eigenvalue weighted by atomic mass is 16.5. The average Bonchev–Trinajstić information content (AvgIpc) is 3.59. The number of amides is 1. The Balaban J connectivity index is 1.28. The Morgan fingerprint density at radius 3 is 2.58 bits per heavy atom. The van der Waals surface area contributed by atoms with Crippen LogP contribution in [0.5, 0.6) is 5.75 Å². The molecule has 0 bridgehead atoms. The van der Waals surface area contributed by atoms with Crippen LogP contribution >= 0.6 is 0 Å². The maximum absolute atomic E-state index is 12.6. The van der Waals surface area contributed by atoms with E-state index in [0.29, 0.717) is 24.1 Å². The Labute approximate surface area is 184 Å². The van der Waals surface area contributed by atoms with Crippen LogP contribution in [-0.2, 0) is 6.54 Å². The molecule has 160 valence electrons. The summed E-state index contributed by atoms with van der Waals surface area (Å²) >= 11 is 0. The molecule has 0 heterocycles. The summed E-state index contributed by atoms with van der Waals surface area (Å²) in [6.45, 7) is 3.70. The fourth-order valence-electron chi connectivity index (χ4n) is 3.71. The first-order valence-corrected chi connectivity index (χ1v) is 11.1. The number of hydrogen-bond donors (Lipinski definition) is 2. The number of carbonyl (C=O) groups is 1. The van der Waals surface area contributed by atoms with E-state index in [1.165, 1.54) is 11.1 Å². The van der Waals surface area contributed by atoms with Gasteiger partial charge in [-0.1, -0.05) is 61.9 Å². The lowest BCUT2D eigenvalue weighted by Crippen LogP contribution is -2.17. The van der Waals surface area contributed by atoms with Gasteiger partial charge in [0.15, 0.2) is 0 Å². The van der Waals surface area contributed by atoms with Crippen LogP contribution in [0.3, 0.4) is 0 Å². The third kappa shape index (κ3) is 5.96. The van der Waals surface area contributed by atoms with E-state index in [2.05, 4.69) is 54.0 Å². The Hall–Kier alpha value is -3.11. The highest BCUT2D eigenvalue weighted by Crippen LogP contribution is 2.41. The summed E-state index contributed by atoms with van der Waals surface area (Å²) < 4.78 is 5.71. The Bertz CT molecular complexity index is 986. The molecule has 1 fully saturated rings. The van der Waals surface area contributed by atoms with Gasteiger partial charge < -0.3 is 15.4 Å². The second-order valence-electron chi connectivity index (χ2n) is 8.12. The quantitative estimate of drug-likeness (QED) is 0.415. The van der Waals surface area contributed by atoms with Gasteiger partial charge in [-0.05, 0) is 54.3 Å². The summed E-state index contributed by atoms with van der Waals surface area (Å²) in [7, 11) is 0. The molecule has 2 unspecified atom stereocenters. The molecule has 1 aliphatic rings. The van der Waals surface area contributed by atoms with Crippen molar-refractivity contribution in [2.24, 2.45) is 0 Å². The van der Waals surface area contributed by atoms with Crippen molar-refractivity contribution in [1.82, 2.24) is 5.32 Å².